The normalized spacial score (nSPS) is 10.7. The maximum atomic E-state index is 14.3. The number of aromatic amines is 1. The van der Waals surface area contributed by atoms with Gasteiger partial charge in [-0.15, -0.1) is 0 Å². The van der Waals surface area contributed by atoms with Crippen LogP contribution in [-0.2, 0) is 6.54 Å². The van der Waals surface area contributed by atoms with Crippen LogP contribution in [0.4, 0.5) is 14.5 Å². The fourth-order valence-electron chi connectivity index (χ4n) is 2.95. The van der Waals surface area contributed by atoms with E-state index in [4.69, 9.17) is 10.5 Å². The Morgan fingerprint density at radius 3 is 2.68 bits per heavy atom. The molecule has 6 nitrogen and oxygen atoms in total. The van der Waals surface area contributed by atoms with Crippen LogP contribution in [0.1, 0.15) is 15.9 Å². The van der Waals surface area contributed by atoms with Gasteiger partial charge in [0.05, 0.1) is 17.1 Å². The van der Waals surface area contributed by atoms with Crippen molar-refractivity contribution in [1.29, 1.82) is 0 Å². The Kier molecular flexibility index (Phi) is 5.72. The predicted octanol–water partition coefficient (Wildman–Crippen LogP) is 4.86. The zero-order valence-electron chi connectivity index (χ0n) is 16.2. The smallest absolute Gasteiger partial charge is 0.255 e. The van der Waals surface area contributed by atoms with Gasteiger partial charge in [0, 0.05) is 30.6 Å². The number of aromatic nitrogens is 2. The zero-order valence-corrected chi connectivity index (χ0v) is 16.2. The van der Waals surface area contributed by atoms with Crippen LogP contribution < -0.4 is 15.8 Å². The number of H-pyrrole nitrogens is 1. The highest BCUT2D eigenvalue weighted by atomic mass is 19.1. The molecule has 0 bridgehead atoms. The number of nitrogens with zero attached hydrogens (tertiary/aromatic N) is 1. The molecule has 156 valence electrons. The third-order valence-corrected chi connectivity index (χ3v) is 4.54. The monoisotopic (exact) mass is 420 g/mol. The molecule has 0 aliphatic heterocycles. The Bertz CT molecular complexity index is 1230. The maximum absolute atomic E-state index is 14.3. The summed E-state index contributed by atoms with van der Waals surface area (Å²) >= 11 is 0. The number of hydrogen-bond acceptors (Lipinski definition) is 4. The van der Waals surface area contributed by atoms with Crippen LogP contribution in [0.3, 0.4) is 0 Å². The molecular weight excluding hydrogens is 402 g/mol. The van der Waals surface area contributed by atoms with Crippen molar-refractivity contribution >= 4 is 11.6 Å². The van der Waals surface area contributed by atoms with Gasteiger partial charge in [-0.2, -0.15) is 0 Å². The summed E-state index contributed by atoms with van der Waals surface area (Å²) in [5, 5.41) is 2.48. The molecule has 1 amide bonds. The Morgan fingerprint density at radius 2 is 1.90 bits per heavy atom. The van der Waals surface area contributed by atoms with Gasteiger partial charge in [0.2, 0.25) is 0 Å². The molecule has 0 aliphatic rings. The summed E-state index contributed by atoms with van der Waals surface area (Å²) in [7, 11) is 0. The molecule has 0 fully saturated rings. The second-order valence-electron chi connectivity index (χ2n) is 6.68. The molecule has 4 aromatic rings. The van der Waals surface area contributed by atoms with Crippen molar-refractivity contribution in [3.63, 3.8) is 0 Å². The highest BCUT2D eigenvalue weighted by molar-refractivity contribution is 6.04. The number of nitrogens with two attached hydrogens (primary N) is 1. The molecule has 0 atom stereocenters. The number of hydrogen-bond donors (Lipinski definition) is 3. The van der Waals surface area contributed by atoms with Gasteiger partial charge in [0.15, 0.2) is 11.6 Å². The van der Waals surface area contributed by atoms with Crippen molar-refractivity contribution in [2.75, 3.05) is 5.32 Å². The van der Waals surface area contributed by atoms with Crippen LogP contribution in [0.2, 0.25) is 0 Å². The number of ether oxygens (including phenoxy) is 1. The molecule has 0 saturated heterocycles. The van der Waals surface area contributed by atoms with Gasteiger partial charge >= 0.3 is 0 Å². The second kappa shape index (κ2) is 8.76. The van der Waals surface area contributed by atoms with E-state index < -0.39 is 17.5 Å². The number of nitrogens with one attached hydrogen (secondary N) is 2. The highest BCUT2D eigenvalue weighted by Gasteiger charge is 2.14. The second-order valence-corrected chi connectivity index (χ2v) is 6.68. The Hall–Kier alpha value is -4.04. The number of halogens is 2. The molecule has 0 saturated carbocycles. The molecule has 31 heavy (non-hydrogen) atoms. The lowest BCUT2D eigenvalue weighted by Crippen LogP contribution is -2.14. The zero-order chi connectivity index (χ0) is 21.8. The Labute approximate surface area is 176 Å². The number of pyridine rings is 1. The summed E-state index contributed by atoms with van der Waals surface area (Å²) in [5.41, 5.74) is 7.72. The van der Waals surface area contributed by atoms with Crippen LogP contribution in [0.5, 0.6) is 11.5 Å². The van der Waals surface area contributed by atoms with E-state index >= 15 is 0 Å². The summed E-state index contributed by atoms with van der Waals surface area (Å²) in [4.78, 5) is 19.9. The molecule has 0 spiro atoms. The number of carbonyl (C=O) groups is 1. The van der Waals surface area contributed by atoms with Gasteiger partial charge in [-0.3, -0.25) is 9.78 Å². The van der Waals surface area contributed by atoms with E-state index in [1.807, 2.05) is 12.1 Å². The van der Waals surface area contributed by atoms with Crippen molar-refractivity contribution in [1.82, 2.24) is 9.97 Å². The van der Waals surface area contributed by atoms with Crippen LogP contribution in [-0.4, -0.2) is 15.9 Å². The van der Waals surface area contributed by atoms with Crippen molar-refractivity contribution in [2.24, 2.45) is 5.73 Å². The first-order chi connectivity index (χ1) is 15.0. The molecule has 2 aromatic heterocycles. The molecule has 4 rings (SSSR count). The Balaban J connectivity index is 1.56. The summed E-state index contributed by atoms with van der Waals surface area (Å²) in [6.45, 7) is 0.202. The minimum Gasteiger partial charge on any atom is -0.454 e. The first kappa shape index (κ1) is 20.2. The van der Waals surface area contributed by atoms with E-state index in [1.54, 1.807) is 18.3 Å². The molecule has 0 aliphatic carbocycles. The average Bonchev–Trinajstić information content (AvgIpc) is 3.32. The lowest BCUT2D eigenvalue weighted by atomic mass is 10.1. The Morgan fingerprint density at radius 1 is 1.06 bits per heavy atom. The number of anilines is 1. The summed E-state index contributed by atoms with van der Waals surface area (Å²) in [6.07, 6.45) is 3.30. The lowest BCUT2D eigenvalue weighted by molar-refractivity contribution is 0.102. The minimum absolute atomic E-state index is 0.00975. The number of rotatable bonds is 6. The number of amides is 1. The molecule has 2 heterocycles. The predicted molar refractivity (Wildman–Crippen MR) is 113 cm³/mol. The molecule has 0 radical (unpaired) electrons. The van der Waals surface area contributed by atoms with E-state index in [2.05, 4.69) is 15.3 Å². The van der Waals surface area contributed by atoms with E-state index in [9.17, 15) is 13.6 Å². The SMILES string of the molecule is NCc1ccc(F)c(NC(=O)c2ccc(F)c(Oc3ccnc(-c4ccc[nH]4)c3)c2)c1. The number of carbonyl (C=O) groups excluding carboxylic acids is 1. The van der Waals surface area contributed by atoms with Crippen molar-refractivity contribution < 1.29 is 18.3 Å². The number of benzene rings is 2. The maximum Gasteiger partial charge on any atom is 0.255 e. The lowest BCUT2D eigenvalue weighted by Gasteiger charge is -2.11. The van der Waals surface area contributed by atoms with Crippen LogP contribution >= 0.6 is 0 Å². The van der Waals surface area contributed by atoms with E-state index in [0.717, 1.165) is 11.8 Å². The van der Waals surface area contributed by atoms with Crippen molar-refractivity contribution in [3.05, 3.63) is 95.8 Å². The van der Waals surface area contributed by atoms with Gasteiger partial charge in [0.1, 0.15) is 11.6 Å². The molecular formula is C23H18F2N4O2. The van der Waals surface area contributed by atoms with Gasteiger partial charge in [-0.25, -0.2) is 8.78 Å². The molecule has 4 N–H and O–H groups in total. The highest BCUT2D eigenvalue weighted by Crippen LogP contribution is 2.28. The standard InChI is InChI=1S/C23H18F2N4O2/c24-17-5-3-14(13-26)10-20(17)29-23(30)15-4-6-18(25)22(11-15)31-16-7-9-28-21(12-16)19-2-1-8-27-19/h1-12,27H,13,26H2,(H,29,30). The van der Waals surface area contributed by atoms with Crippen molar-refractivity contribution in [3.8, 4) is 22.9 Å². The van der Waals surface area contributed by atoms with E-state index in [-0.39, 0.29) is 23.5 Å². The fourth-order valence-corrected chi connectivity index (χ4v) is 2.95. The minimum atomic E-state index is -0.647. The first-order valence-electron chi connectivity index (χ1n) is 9.40. The first-order valence-corrected chi connectivity index (χ1v) is 9.40. The van der Waals surface area contributed by atoms with E-state index in [0.29, 0.717) is 17.0 Å². The quantitative estimate of drug-likeness (QED) is 0.415. The fraction of sp³-hybridized carbons (Fsp3) is 0.0435. The van der Waals surface area contributed by atoms with Gasteiger partial charge in [-0.1, -0.05) is 6.07 Å². The average molecular weight is 420 g/mol. The topological polar surface area (TPSA) is 93.0 Å². The largest absolute Gasteiger partial charge is 0.454 e. The van der Waals surface area contributed by atoms with Crippen LogP contribution in [0.25, 0.3) is 11.4 Å². The summed E-state index contributed by atoms with van der Waals surface area (Å²) in [6, 6.07) is 14.8. The molecule has 0 unspecified atom stereocenters. The molecule has 2 aromatic carbocycles. The molecule has 8 heteroatoms. The van der Waals surface area contributed by atoms with Gasteiger partial charge in [-0.05, 0) is 54.1 Å². The third-order valence-electron chi connectivity index (χ3n) is 4.54. The summed E-state index contributed by atoms with van der Waals surface area (Å²) < 4.78 is 34.0. The van der Waals surface area contributed by atoms with Crippen molar-refractivity contribution in [2.45, 2.75) is 6.54 Å². The van der Waals surface area contributed by atoms with E-state index in [1.165, 1.54) is 36.5 Å². The summed E-state index contributed by atoms with van der Waals surface area (Å²) in [5.74, 6) is -1.66. The van der Waals surface area contributed by atoms with Gasteiger partial charge in [0.25, 0.3) is 5.91 Å². The van der Waals surface area contributed by atoms with Crippen LogP contribution in [0.15, 0.2) is 73.1 Å². The van der Waals surface area contributed by atoms with Crippen LogP contribution in [0, 0.1) is 11.6 Å². The third kappa shape index (κ3) is 4.59. The van der Waals surface area contributed by atoms with Gasteiger partial charge < -0.3 is 20.8 Å².